The molecule has 150 valence electrons. The number of carbonyl (C=O) groups excluding carboxylic acids is 1. The molecule has 2 unspecified atom stereocenters. The van der Waals surface area contributed by atoms with Crippen LogP contribution in [0.1, 0.15) is 63.0 Å². The highest BCUT2D eigenvalue weighted by atomic mass is 32.2. The van der Waals surface area contributed by atoms with Crippen molar-refractivity contribution < 1.29 is 13.2 Å². The van der Waals surface area contributed by atoms with Crippen molar-refractivity contribution in [2.45, 2.75) is 69.5 Å². The first kappa shape index (κ1) is 19.4. The molecule has 3 aliphatic rings. The smallest absolute Gasteiger partial charge is 0.237 e. The normalized spacial score (nSPS) is 29.2. The van der Waals surface area contributed by atoms with E-state index in [4.69, 9.17) is 0 Å². The van der Waals surface area contributed by atoms with Gasteiger partial charge in [0.2, 0.25) is 5.91 Å². The van der Waals surface area contributed by atoms with Crippen molar-refractivity contribution in [3.63, 3.8) is 0 Å². The third kappa shape index (κ3) is 4.40. The summed E-state index contributed by atoms with van der Waals surface area (Å²) >= 11 is 1.71. The second-order valence-electron chi connectivity index (χ2n) is 8.33. The molecular weight excluding hydrogens is 380 g/mol. The van der Waals surface area contributed by atoms with Crippen LogP contribution in [0, 0.1) is 0 Å². The molecular formula is C20H30N2O3S2. The summed E-state index contributed by atoms with van der Waals surface area (Å²) in [5.41, 5.74) is 1.32. The van der Waals surface area contributed by atoms with Gasteiger partial charge in [0.25, 0.3) is 0 Å². The first-order valence-electron chi connectivity index (χ1n) is 10.3. The van der Waals surface area contributed by atoms with Crippen LogP contribution < -0.4 is 0 Å². The molecule has 3 heterocycles. The Balaban J connectivity index is 1.50. The van der Waals surface area contributed by atoms with Gasteiger partial charge < -0.3 is 4.90 Å². The molecule has 2 aliphatic heterocycles. The monoisotopic (exact) mass is 410 g/mol. The van der Waals surface area contributed by atoms with Crippen LogP contribution in [0.15, 0.2) is 16.8 Å². The molecule has 4 rings (SSSR count). The Morgan fingerprint density at radius 1 is 1.11 bits per heavy atom. The van der Waals surface area contributed by atoms with Gasteiger partial charge in [0.1, 0.15) is 0 Å². The third-order valence-corrected chi connectivity index (χ3v) is 8.94. The molecule has 0 N–H and O–H groups in total. The molecule has 1 aliphatic carbocycles. The van der Waals surface area contributed by atoms with Crippen molar-refractivity contribution in [3.8, 4) is 0 Å². The van der Waals surface area contributed by atoms with Crippen LogP contribution >= 0.6 is 11.3 Å². The number of sulfone groups is 1. The van der Waals surface area contributed by atoms with Gasteiger partial charge in [-0.15, -0.1) is 0 Å². The lowest BCUT2D eigenvalue weighted by molar-refractivity contribution is -0.138. The van der Waals surface area contributed by atoms with Gasteiger partial charge >= 0.3 is 0 Å². The average Bonchev–Trinajstić information content (AvgIpc) is 3.37. The topological polar surface area (TPSA) is 57.7 Å². The van der Waals surface area contributed by atoms with E-state index >= 15 is 0 Å². The minimum absolute atomic E-state index is 0.118. The largest absolute Gasteiger partial charge is 0.335 e. The van der Waals surface area contributed by atoms with Gasteiger partial charge in [-0.3, -0.25) is 9.69 Å². The van der Waals surface area contributed by atoms with Crippen LogP contribution in [0.5, 0.6) is 0 Å². The van der Waals surface area contributed by atoms with Gasteiger partial charge in [0.15, 0.2) is 9.84 Å². The molecule has 1 amide bonds. The van der Waals surface area contributed by atoms with E-state index in [0.717, 1.165) is 45.1 Å². The Bertz CT molecular complexity index is 741. The Kier molecular flexibility index (Phi) is 5.90. The van der Waals surface area contributed by atoms with E-state index in [9.17, 15) is 13.2 Å². The van der Waals surface area contributed by atoms with E-state index in [1.807, 2.05) is 4.90 Å². The van der Waals surface area contributed by atoms with E-state index in [1.54, 1.807) is 11.3 Å². The summed E-state index contributed by atoms with van der Waals surface area (Å²) in [6.45, 7) is 1.38. The van der Waals surface area contributed by atoms with Gasteiger partial charge in [-0.1, -0.05) is 19.3 Å². The molecule has 5 nitrogen and oxygen atoms in total. The van der Waals surface area contributed by atoms with E-state index in [-0.39, 0.29) is 29.5 Å². The highest BCUT2D eigenvalue weighted by Gasteiger charge is 2.39. The van der Waals surface area contributed by atoms with Crippen molar-refractivity contribution in [1.82, 2.24) is 9.80 Å². The molecule has 7 heteroatoms. The van der Waals surface area contributed by atoms with Crippen molar-refractivity contribution in [2.75, 3.05) is 24.6 Å². The first-order valence-corrected chi connectivity index (χ1v) is 13.1. The van der Waals surface area contributed by atoms with E-state index < -0.39 is 9.84 Å². The lowest BCUT2D eigenvalue weighted by Crippen LogP contribution is -2.51. The number of carbonyl (C=O) groups is 1. The maximum absolute atomic E-state index is 13.4. The van der Waals surface area contributed by atoms with E-state index in [0.29, 0.717) is 19.0 Å². The molecule has 2 atom stereocenters. The second kappa shape index (κ2) is 8.21. The quantitative estimate of drug-likeness (QED) is 0.748. The fraction of sp³-hybridized carbons (Fsp3) is 0.750. The van der Waals surface area contributed by atoms with E-state index in [1.165, 1.54) is 12.0 Å². The van der Waals surface area contributed by atoms with Gasteiger partial charge in [-0.05, 0) is 61.0 Å². The van der Waals surface area contributed by atoms with Gasteiger partial charge in [-0.2, -0.15) is 11.3 Å². The molecule has 0 radical (unpaired) electrons. The van der Waals surface area contributed by atoms with Crippen LogP contribution in [0.3, 0.4) is 0 Å². The summed E-state index contributed by atoms with van der Waals surface area (Å²) in [4.78, 5) is 17.7. The SMILES string of the molecule is O=C(CN1CCCC1c1ccsc1)N(C1CCCCC1)C1CCS(=O)(=O)C1. The minimum Gasteiger partial charge on any atom is -0.335 e. The van der Waals surface area contributed by atoms with Crippen LogP contribution in [0.2, 0.25) is 0 Å². The van der Waals surface area contributed by atoms with Crippen LogP contribution in [-0.4, -0.2) is 60.8 Å². The molecule has 27 heavy (non-hydrogen) atoms. The fourth-order valence-electron chi connectivity index (χ4n) is 5.17. The maximum atomic E-state index is 13.4. The number of hydrogen-bond acceptors (Lipinski definition) is 5. The van der Waals surface area contributed by atoms with Crippen LogP contribution in [0.4, 0.5) is 0 Å². The van der Waals surface area contributed by atoms with E-state index in [2.05, 4.69) is 21.7 Å². The minimum atomic E-state index is -2.99. The molecule has 0 aromatic carbocycles. The zero-order valence-corrected chi connectivity index (χ0v) is 17.5. The standard InChI is InChI=1S/C20H30N2O3S2/c23-20(13-21-10-4-7-19(21)16-8-11-26-14-16)22(17-5-2-1-3-6-17)18-9-12-27(24,25)15-18/h8,11,14,17-19H,1-7,9-10,12-13,15H2. The summed E-state index contributed by atoms with van der Waals surface area (Å²) in [6.07, 6.45) is 8.41. The fourth-order valence-corrected chi connectivity index (χ4v) is 7.59. The molecule has 1 aromatic heterocycles. The van der Waals surface area contributed by atoms with Crippen molar-refractivity contribution >= 4 is 27.1 Å². The first-order chi connectivity index (χ1) is 13.0. The molecule has 3 fully saturated rings. The Hall–Kier alpha value is -0.920. The highest BCUT2D eigenvalue weighted by Crippen LogP contribution is 2.34. The van der Waals surface area contributed by atoms with Crippen LogP contribution in [-0.2, 0) is 14.6 Å². The number of nitrogens with zero attached hydrogens (tertiary/aromatic N) is 2. The number of rotatable bonds is 5. The predicted octanol–water partition coefficient (Wildman–Crippen LogP) is 3.23. The molecule has 0 spiro atoms. The second-order valence-corrected chi connectivity index (χ2v) is 11.3. The molecule has 1 aromatic rings. The predicted molar refractivity (Wildman–Crippen MR) is 109 cm³/mol. The number of hydrogen-bond donors (Lipinski definition) is 0. The lowest BCUT2D eigenvalue weighted by atomic mass is 9.92. The maximum Gasteiger partial charge on any atom is 0.237 e. The Morgan fingerprint density at radius 3 is 2.59 bits per heavy atom. The number of amides is 1. The van der Waals surface area contributed by atoms with Crippen LogP contribution in [0.25, 0.3) is 0 Å². The summed E-state index contributed by atoms with van der Waals surface area (Å²) in [5, 5.41) is 4.29. The zero-order chi connectivity index (χ0) is 18.9. The molecule has 0 bridgehead atoms. The van der Waals surface area contributed by atoms with Crippen molar-refractivity contribution in [3.05, 3.63) is 22.4 Å². The summed E-state index contributed by atoms with van der Waals surface area (Å²) in [5.74, 6) is 0.532. The number of likely N-dealkylation sites (tertiary alicyclic amines) is 1. The Labute approximate surface area is 166 Å². The van der Waals surface area contributed by atoms with Gasteiger partial charge in [-0.25, -0.2) is 8.42 Å². The summed E-state index contributed by atoms with van der Waals surface area (Å²) in [7, 11) is -2.99. The van der Waals surface area contributed by atoms with Gasteiger partial charge in [0.05, 0.1) is 18.1 Å². The highest BCUT2D eigenvalue weighted by molar-refractivity contribution is 7.91. The zero-order valence-electron chi connectivity index (χ0n) is 15.9. The van der Waals surface area contributed by atoms with Gasteiger partial charge in [0, 0.05) is 18.1 Å². The van der Waals surface area contributed by atoms with Crippen molar-refractivity contribution in [1.29, 1.82) is 0 Å². The molecule has 2 saturated heterocycles. The third-order valence-electron chi connectivity index (χ3n) is 6.49. The van der Waals surface area contributed by atoms with Crippen molar-refractivity contribution in [2.24, 2.45) is 0 Å². The summed E-state index contributed by atoms with van der Waals surface area (Å²) in [6, 6.07) is 2.61. The Morgan fingerprint density at radius 2 is 1.93 bits per heavy atom. The number of thiophene rings is 1. The lowest BCUT2D eigenvalue weighted by Gasteiger charge is -2.39. The molecule has 1 saturated carbocycles. The average molecular weight is 411 g/mol. The summed E-state index contributed by atoms with van der Waals surface area (Å²) < 4.78 is 24.1.